The molecule has 1 amide bonds. The number of aromatic nitrogens is 3. The molecule has 2 heterocycles. The van der Waals surface area contributed by atoms with Crippen molar-refractivity contribution < 1.29 is 9.53 Å². The van der Waals surface area contributed by atoms with Crippen LogP contribution in [0, 0.1) is 0 Å². The number of rotatable bonds is 9. The fourth-order valence-electron chi connectivity index (χ4n) is 3.14. The maximum Gasteiger partial charge on any atom is 0.230 e. The lowest BCUT2D eigenvalue weighted by Gasteiger charge is -2.26. The standard InChI is InChI=1S/C19H26ClN5O2S/c1-27-12-9-21-18(26)14-28-19-23-22-17(13-24-10-3-2-4-11-24)25(19)16-7-5-15(20)6-8-16/h5-8H,2-4,9-14H2,1H3,(H,21,26). The van der Waals surface area contributed by atoms with Crippen LogP contribution in [0.5, 0.6) is 0 Å². The summed E-state index contributed by atoms with van der Waals surface area (Å²) in [6.45, 7) is 3.91. The van der Waals surface area contributed by atoms with E-state index >= 15 is 0 Å². The second-order valence-corrected chi connectivity index (χ2v) is 8.06. The molecule has 1 saturated heterocycles. The second kappa shape index (κ2) is 10.8. The summed E-state index contributed by atoms with van der Waals surface area (Å²) in [6.07, 6.45) is 3.73. The van der Waals surface area contributed by atoms with Gasteiger partial charge in [0.25, 0.3) is 0 Å². The third kappa shape index (κ3) is 5.94. The van der Waals surface area contributed by atoms with Crippen LogP contribution in [-0.4, -0.2) is 64.7 Å². The van der Waals surface area contributed by atoms with Crippen LogP contribution in [0.1, 0.15) is 25.1 Å². The molecule has 28 heavy (non-hydrogen) atoms. The molecule has 1 aromatic heterocycles. The monoisotopic (exact) mass is 423 g/mol. The lowest BCUT2D eigenvalue weighted by molar-refractivity contribution is -0.118. The summed E-state index contributed by atoms with van der Waals surface area (Å²) in [4.78, 5) is 14.4. The predicted octanol–water partition coefficient (Wildman–Crippen LogP) is 2.76. The highest BCUT2D eigenvalue weighted by Crippen LogP contribution is 2.24. The predicted molar refractivity (Wildman–Crippen MR) is 111 cm³/mol. The molecule has 1 aromatic carbocycles. The summed E-state index contributed by atoms with van der Waals surface area (Å²) in [6, 6.07) is 7.61. The lowest BCUT2D eigenvalue weighted by Crippen LogP contribution is -2.30. The highest BCUT2D eigenvalue weighted by Gasteiger charge is 2.19. The Hall–Kier alpha value is -1.61. The molecule has 3 rings (SSSR count). The highest BCUT2D eigenvalue weighted by molar-refractivity contribution is 7.99. The van der Waals surface area contributed by atoms with E-state index in [0.29, 0.717) is 23.3 Å². The van der Waals surface area contributed by atoms with Crippen molar-refractivity contribution in [3.05, 3.63) is 35.1 Å². The number of carbonyl (C=O) groups excluding carboxylic acids is 1. The largest absolute Gasteiger partial charge is 0.383 e. The molecule has 152 valence electrons. The Bertz CT molecular complexity index is 762. The molecule has 1 N–H and O–H groups in total. The van der Waals surface area contributed by atoms with Crippen molar-refractivity contribution in [3.8, 4) is 5.69 Å². The molecule has 0 radical (unpaired) electrons. The SMILES string of the molecule is COCCNC(=O)CSc1nnc(CN2CCCCC2)n1-c1ccc(Cl)cc1. The zero-order valence-corrected chi connectivity index (χ0v) is 17.6. The number of hydrogen-bond acceptors (Lipinski definition) is 6. The van der Waals surface area contributed by atoms with Gasteiger partial charge in [-0.1, -0.05) is 29.8 Å². The first-order valence-electron chi connectivity index (χ1n) is 9.48. The molecular formula is C19H26ClN5O2S. The average molecular weight is 424 g/mol. The molecule has 0 saturated carbocycles. The third-order valence-corrected chi connectivity index (χ3v) is 5.74. The Morgan fingerprint density at radius 2 is 1.96 bits per heavy atom. The average Bonchev–Trinajstić information content (AvgIpc) is 3.10. The normalized spacial score (nSPS) is 14.9. The van der Waals surface area contributed by atoms with Gasteiger partial charge in [0.1, 0.15) is 0 Å². The number of halogens is 1. The van der Waals surface area contributed by atoms with Gasteiger partial charge >= 0.3 is 0 Å². The van der Waals surface area contributed by atoms with Crippen LogP contribution in [0.15, 0.2) is 29.4 Å². The van der Waals surface area contributed by atoms with E-state index in [-0.39, 0.29) is 11.7 Å². The maximum absolute atomic E-state index is 12.0. The second-order valence-electron chi connectivity index (χ2n) is 6.68. The number of ether oxygens (including phenoxy) is 1. The molecule has 0 unspecified atom stereocenters. The number of nitrogens with one attached hydrogen (secondary N) is 1. The Morgan fingerprint density at radius 1 is 1.21 bits per heavy atom. The van der Waals surface area contributed by atoms with Crippen molar-refractivity contribution in [3.63, 3.8) is 0 Å². The highest BCUT2D eigenvalue weighted by atomic mass is 35.5. The van der Waals surface area contributed by atoms with E-state index in [4.69, 9.17) is 16.3 Å². The van der Waals surface area contributed by atoms with Crippen LogP contribution in [0.25, 0.3) is 5.69 Å². The van der Waals surface area contributed by atoms with Gasteiger partial charge in [-0.25, -0.2) is 0 Å². The van der Waals surface area contributed by atoms with Crippen molar-refractivity contribution in [1.82, 2.24) is 25.0 Å². The first-order valence-corrected chi connectivity index (χ1v) is 10.8. The fraction of sp³-hybridized carbons (Fsp3) is 0.526. The molecule has 0 aliphatic carbocycles. The Kier molecular flexibility index (Phi) is 8.14. The summed E-state index contributed by atoms with van der Waals surface area (Å²) in [5, 5.41) is 13.0. The summed E-state index contributed by atoms with van der Waals surface area (Å²) >= 11 is 7.43. The number of methoxy groups -OCH3 is 1. The minimum atomic E-state index is -0.0507. The Morgan fingerprint density at radius 3 is 2.68 bits per heavy atom. The molecule has 1 aliphatic heterocycles. The molecule has 9 heteroatoms. The van der Waals surface area contributed by atoms with Crippen molar-refractivity contribution in [2.75, 3.05) is 39.1 Å². The smallest absolute Gasteiger partial charge is 0.230 e. The van der Waals surface area contributed by atoms with E-state index < -0.39 is 0 Å². The van der Waals surface area contributed by atoms with Gasteiger partial charge in [-0.2, -0.15) is 0 Å². The van der Waals surface area contributed by atoms with Gasteiger partial charge in [-0.15, -0.1) is 10.2 Å². The molecule has 0 spiro atoms. The summed E-state index contributed by atoms with van der Waals surface area (Å²) in [5.74, 6) is 1.11. The van der Waals surface area contributed by atoms with Crippen LogP contribution >= 0.6 is 23.4 Å². The topological polar surface area (TPSA) is 72.3 Å². The zero-order chi connectivity index (χ0) is 19.8. The van der Waals surface area contributed by atoms with Gasteiger partial charge in [0.2, 0.25) is 5.91 Å². The van der Waals surface area contributed by atoms with E-state index in [1.54, 1.807) is 7.11 Å². The van der Waals surface area contributed by atoms with E-state index in [2.05, 4.69) is 20.4 Å². The number of nitrogens with zero attached hydrogens (tertiary/aromatic N) is 4. The van der Waals surface area contributed by atoms with Gasteiger partial charge in [-0.3, -0.25) is 14.3 Å². The number of benzene rings is 1. The number of likely N-dealkylation sites (tertiary alicyclic amines) is 1. The third-order valence-electron chi connectivity index (χ3n) is 4.56. The first kappa shape index (κ1) is 21.1. The Balaban J connectivity index is 1.75. The first-order chi connectivity index (χ1) is 13.7. The van der Waals surface area contributed by atoms with Crippen LogP contribution in [0.2, 0.25) is 5.02 Å². The van der Waals surface area contributed by atoms with Crippen molar-refractivity contribution in [2.24, 2.45) is 0 Å². The number of carbonyl (C=O) groups is 1. The van der Waals surface area contributed by atoms with Crippen LogP contribution < -0.4 is 5.32 Å². The lowest BCUT2D eigenvalue weighted by atomic mass is 10.1. The van der Waals surface area contributed by atoms with E-state index in [0.717, 1.165) is 31.1 Å². The van der Waals surface area contributed by atoms with E-state index in [1.807, 2.05) is 28.8 Å². The van der Waals surface area contributed by atoms with Crippen LogP contribution in [0.4, 0.5) is 0 Å². The maximum atomic E-state index is 12.0. The number of amides is 1. The quantitative estimate of drug-likeness (QED) is 0.494. The number of piperidine rings is 1. The zero-order valence-electron chi connectivity index (χ0n) is 16.1. The summed E-state index contributed by atoms with van der Waals surface area (Å²) in [5.41, 5.74) is 0.948. The minimum absolute atomic E-state index is 0.0507. The van der Waals surface area contributed by atoms with Gasteiger partial charge in [-0.05, 0) is 50.2 Å². The molecule has 2 aromatic rings. The van der Waals surface area contributed by atoms with Crippen LogP contribution in [0.3, 0.4) is 0 Å². The van der Waals surface area contributed by atoms with E-state index in [1.165, 1.54) is 31.0 Å². The molecule has 1 fully saturated rings. The summed E-state index contributed by atoms with van der Waals surface area (Å²) in [7, 11) is 1.61. The van der Waals surface area contributed by atoms with E-state index in [9.17, 15) is 4.79 Å². The molecular weight excluding hydrogens is 398 g/mol. The minimum Gasteiger partial charge on any atom is -0.383 e. The molecule has 0 bridgehead atoms. The van der Waals surface area contributed by atoms with Gasteiger partial charge in [0.15, 0.2) is 11.0 Å². The van der Waals surface area contributed by atoms with Crippen LogP contribution in [-0.2, 0) is 16.1 Å². The van der Waals surface area contributed by atoms with Crippen molar-refractivity contribution in [2.45, 2.75) is 31.0 Å². The molecule has 0 atom stereocenters. The molecule has 7 nitrogen and oxygen atoms in total. The van der Waals surface area contributed by atoms with Crippen molar-refractivity contribution >= 4 is 29.3 Å². The van der Waals surface area contributed by atoms with Gasteiger partial charge in [0.05, 0.1) is 18.9 Å². The number of hydrogen-bond donors (Lipinski definition) is 1. The summed E-state index contributed by atoms with van der Waals surface area (Å²) < 4.78 is 6.98. The van der Waals surface area contributed by atoms with Crippen molar-refractivity contribution in [1.29, 1.82) is 0 Å². The fourth-order valence-corrected chi connectivity index (χ4v) is 4.06. The molecule has 1 aliphatic rings. The number of thioether (sulfide) groups is 1. The Labute approximate surface area is 174 Å². The van der Waals surface area contributed by atoms with Gasteiger partial charge in [0, 0.05) is 24.4 Å². The van der Waals surface area contributed by atoms with Gasteiger partial charge < -0.3 is 10.1 Å².